The van der Waals surface area contributed by atoms with Gasteiger partial charge < -0.3 is 15.2 Å². The molecule has 0 bridgehead atoms. The highest BCUT2D eigenvalue weighted by Crippen LogP contribution is 2.17. The van der Waals surface area contributed by atoms with E-state index in [0.29, 0.717) is 30.8 Å². The van der Waals surface area contributed by atoms with Crippen LogP contribution in [-0.2, 0) is 6.42 Å². The molecule has 0 aliphatic rings. The van der Waals surface area contributed by atoms with Crippen LogP contribution in [0.1, 0.15) is 17.5 Å². The fraction of sp³-hybridized carbons (Fsp3) is 0.222. The van der Waals surface area contributed by atoms with E-state index < -0.39 is 6.09 Å². The Kier molecular flexibility index (Phi) is 6.01. The highest BCUT2D eigenvalue weighted by Gasteiger charge is 2.13. The number of carbonyl (C=O) groups is 1. The second-order valence-electron chi connectivity index (χ2n) is 5.08. The average Bonchev–Trinajstić information content (AvgIpc) is 2.55. The number of hydrogen-bond acceptors (Lipinski definition) is 3. The van der Waals surface area contributed by atoms with Crippen molar-refractivity contribution in [3.63, 3.8) is 0 Å². The molecular formula is C18H18N2O3. The maximum atomic E-state index is 10.9. The zero-order chi connectivity index (χ0) is 16.5. The Labute approximate surface area is 135 Å². The van der Waals surface area contributed by atoms with Crippen LogP contribution >= 0.6 is 0 Å². The summed E-state index contributed by atoms with van der Waals surface area (Å²) < 4.78 is 5.62. The summed E-state index contributed by atoms with van der Waals surface area (Å²) in [6.07, 6.45) is 0.0560. The average molecular weight is 310 g/mol. The number of amides is 1. The molecule has 1 unspecified atom stereocenters. The Balaban J connectivity index is 1.93. The Morgan fingerprint density at radius 1 is 1.17 bits per heavy atom. The standard InChI is InChI=1S/C18H18N2O3/c19-13-15-8-4-5-9-17(15)23-11-10-16(20-18(21)22)12-14-6-2-1-3-7-14/h1-9,16,20H,10-12H2,(H,21,22). The number of ether oxygens (including phenoxy) is 1. The SMILES string of the molecule is N#Cc1ccccc1OCCC(Cc1ccccc1)NC(=O)O. The molecule has 0 aromatic heterocycles. The third kappa shape index (κ3) is 5.36. The van der Waals surface area contributed by atoms with Crippen LogP contribution in [0.3, 0.4) is 0 Å². The highest BCUT2D eigenvalue weighted by atomic mass is 16.5. The van der Waals surface area contributed by atoms with Gasteiger partial charge in [-0.3, -0.25) is 0 Å². The van der Waals surface area contributed by atoms with E-state index in [2.05, 4.69) is 11.4 Å². The lowest BCUT2D eigenvalue weighted by Gasteiger charge is -2.17. The van der Waals surface area contributed by atoms with Crippen LogP contribution in [0.4, 0.5) is 4.79 Å². The number of hydrogen-bond donors (Lipinski definition) is 2. The largest absolute Gasteiger partial charge is 0.492 e. The lowest BCUT2D eigenvalue weighted by atomic mass is 10.0. The first-order chi connectivity index (χ1) is 11.2. The smallest absolute Gasteiger partial charge is 0.404 e. The van der Waals surface area contributed by atoms with Gasteiger partial charge in [-0.1, -0.05) is 42.5 Å². The van der Waals surface area contributed by atoms with Gasteiger partial charge >= 0.3 is 6.09 Å². The molecule has 1 atom stereocenters. The van der Waals surface area contributed by atoms with Crippen molar-refractivity contribution in [3.05, 3.63) is 65.7 Å². The van der Waals surface area contributed by atoms with E-state index in [-0.39, 0.29) is 6.04 Å². The van der Waals surface area contributed by atoms with Crippen LogP contribution in [-0.4, -0.2) is 23.8 Å². The molecule has 5 nitrogen and oxygen atoms in total. The Morgan fingerprint density at radius 3 is 2.57 bits per heavy atom. The van der Waals surface area contributed by atoms with Gasteiger partial charge in [-0.05, 0) is 24.1 Å². The fourth-order valence-electron chi connectivity index (χ4n) is 2.29. The van der Waals surface area contributed by atoms with Crippen LogP contribution in [0.5, 0.6) is 5.75 Å². The van der Waals surface area contributed by atoms with Crippen LogP contribution in [0.15, 0.2) is 54.6 Å². The molecule has 0 heterocycles. The molecule has 0 aliphatic carbocycles. The van der Waals surface area contributed by atoms with Gasteiger partial charge in [-0.25, -0.2) is 4.79 Å². The molecule has 23 heavy (non-hydrogen) atoms. The van der Waals surface area contributed by atoms with Gasteiger partial charge in [0.15, 0.2) is 0 Å². The minimum Gasteiger partial charge on any atom is -0.492 e. The van der Waals surface area contributed by atoms with Crippen molar-refractivity contribution in [2.24, 2.45) is 0 Å². The number of rotatable bonds is 7. The van der Waals surface area contributed by atoms with Crippen molar-refractivity contribution < 1.29 is 14.6 Å². The summed E-state index contributed by atoms with van der Waals surface area (Å²) in [7, 11) is 0. The molecule has 0 aliphatic heterocycles. The first-order valence-corrected chi connectivity index (χ1v) is 7.34. The number of nitrogens with one attached hydrogen (secondary N) is 1. The molecule has 0 fully saturated rings. The number of nitrogens with zero attached hydrogens (tertiary/aromatic N) is 1. The van der Waals surface area contributed by atoms with Crippen LogP contribution < -0.4 is 10.1 Å². The summed E-state index contributed by atoms with van der Waals surface area (Å²) in [6, 6.07) is 18.5. The third-order valence-corrected chi connectivity index (χ3v) is 3.38. The van der Waals surface area contributed by atoms with E-state index in [1.807, 2.05) is 30.3 Å². The Hall–Kier alpha value is -3.00. The number of para-hydroxylation sites is 1. The van der Waals surface area contributed by atoms with Gasteiger partial charge in [-0.2, -0.15) is 5.26 Å². The van der Waals surface area contributed by atoms with Gasteiger partial charge in [0, 0.05) is 12.5 Å². The van der Waals surface area contributed by atoms with E-state index in [9.17, 15) is 4.79 Å². The van der Waals surface area contributed by atoms with E-state index in [1.165, 1.54) is 0 Å². The molecule has 0 radical (unpaired) electrons. The van der Waals surface area contributed by atoms with E-state index in [0.717, 1.165) is 5.56 Å². The summed E-state index contributed by atoms with van der Waals surface area (Å²) in [5.74, 6) is 0.517. The van der Waals surface area contributed by atoms with Gasteiger partial charge in [0.2, 0.25) is 0 Å². The zero-order valence-corrected chi connectivity index (χ0v) is 12.6. The van der Waals surface area contributed by atoms with E-state index in [1.54, 1.807) is 24.3 Å². The van der Waals surface area contributed by atoms with E-state index in [4.69, 9.17) is 15.1 Å². The first kappa shape index (κ1) is 16.4. The molecule has 2 aromatic carbocycles. The first-order valence-electron chi connectivity index (χ1n) is 7.34. The minimum absolute atomic E-state index is 0.246. The lowest BCUT2D eigenvalue weighted by Crippen LogP contribution is -2.36. The molecule has 1 amide bonds. The topological polar surface area (TPSA) is 82.3 Å². The maximum Gasteiger partial charge on any atom is 0.404 e. The maximum absolute atomic E-state index is 10.9. The van der Waals surface area contributed by atoms with Crippen molar-refractivity contribution >= 4 is 6.09 Å². The molecule has 2 rings (SSSR count). The second-order valence-corrected chi connectivity index (χ2v) is 5.08. The zero-order valence-electron chi connectivity index (χ0n) is 12.6. The second kappa shape index (κ2) is 8.44. The molecule has 2 aromatic rings. The minimum atomic E-state index is -1.05. The monoisotopic (exact) mass is 310 g/mol. The van der Waals surface area contributed by atoms with Crippen molar-refractivity contribution in [3.8, 4) is 11.8 Å². The molecule has 118 valence electrons. The summed E-state index contributed by atoms with van der Waals surface area (Å²) in [6.45, 7) is 0.330. The summed E-state index contributed by atoms with van der Waals surface area (Å²) in [5.41, 5.74) is 1.53. The Bertz CT molecular complexity index is 680. The van der Waals surface area contributed by atoms with E-state index >= 15 is 0 Å². The van der Waals surface area contributed by atoms with Crippen molar-refractivity contribution in [1.82, 2.24) is 5.32 Å². The molecule has 0 saturated carbocycles. The van der Waals surface area contributed by atoms with Crippen LogP contribution in [0.2, 0.25) is 0 Å². The van der Waals surface area contributed by atoms with Crippen molar-refractivity contribution in [2.45, 2.75) is 18.9 Å². The molecule has 5 heteroatoms. The predicted molar refractivity (Wildman–Crippen MR) is 86.4 cm³/mol. The number of benzene rings is 2. The van der Waals surface area contributed by atoms with Crippen molar-refractivity contribution in [1.29, 1.82) is 5.26 Å². The highest BCUT2D eigenvalue weighted by molar-refractivity contribution is 5.64. The number of carboxylic acid groups (broad SMARTS) is 1. The third-order valence-electron chi connectivity index (χ3n) is 3.38. The lowest BCUT2D eigenvalue weighted by molar-refractivity contribution is 0.186. The summed E-state index contributed by atoms with van der Waals surface area (Å²) >= 11 is 0. The quantitative estimate of drug-likeness (QED) is 0.822. The Morgan fingerprint density at radius 2 is 1.87 bits per heavy atom. The summed E-state index contributed by atoms with van der Waals surface area (Å²) in [4.78, 5) is 10.9. The van der Waals surface area contributed by atoms with Gasteiger partial charge in [-0.15, -0.1) is 0 Å². The van der Waals surface area contributed by atoms with Crippen LogP contribution in [0.25, 0.3) is 0 Å². The van der Waals surface area contributed by atoms with Crippen LogP contribution in [0, 0.1) is 11.3 Å². The van der Waals surface area contributed by atoms with Crippen molar-refractivity contribution in [2.75, 3.05) is 6.61 Å². The molecule has 0 spiro atoms. The van der Waals surface area contributed by atoms with Gasteiger partial charge in [0.1, 0.15) is 11.8 Å². The normalized spacial score (nSPS) is 11.3. The molecular weight excluding hydrogens is 292 g/mol. The predicted octanol–water partition coefficient (Wildman–Crippen LogP) is 3.21. The number of nitriles is 1. The van der Waals surface area contributed by atoms with Gasteiger partial charge in [0.05, 0.1) is 12.2 Å². The molecule has 2 N–H and O–H groups in total. The summed E-state index contributed by atoms with van der Waals surface area (Å²) in [5, 5.41) is 20.5. The molecule has 0 saturated heterocycles. The van der Waals surface area contributed by atoms with Gasteiger partial charge in [0.25, 0.3) is 0 Å². The fourth-order valence-corrected chi connectivity index (χ4v) is 2.29.